The minimum atomic E-state index is -0.226. The van der Waals surface area contributed by atoms with Crippen molar-refractivity contribution in [2.24, 2.45) is 5.92 Å². The van der Waals surface area contributed by atoms with Crippen LogP contribution in [0.4, 0.5) is 4.39 Å². The highest BCUT2D eigenvalue weighted by Crippen LogP contribution is 2.48. The van der Waals surface area contributed by atoms with Crippen LogP contribution in [0.15, 0.2) is 61.2 Å². The number of carbonyl (C=O) groups excluding carboxylic acids is 1. The summed E-state index contributed by atoms with van der Waals surface area (Å²) in [5.41, 5.74) is 2.79. The van der Waals surface area contributed by atoms with Crippen LogP contribution in [0.1, 0.15) is 29.0 Å². The van der Waals surface area contributed by atoms with Gasteiger partial charge in [-0.3, -0.25) is 4.79 Å². The number of benzene rings is 2. The van der Waals surface area contributed by atoms with Gasteiger partial charge in [0.2, 0.25) is 5.91 Å². The molecule has 1 aliphatic rings. The van der Waals surface area contributed by atoms with E-state index >= 15 is 0 Å². The monoisotopic (exact) mass is 350 g/mol. The van der Waals surface area contributed by atoms with Crippen LogP contribution in [0.2, 0.25) is 0 Å². The van der Waals surface area contributed by atoms with E-state index in [0.717, 1.165) is 11.1 Å². The maximum atomic E-state index is 13.8. The molecule has 2 atom stereocenters. The Balaban J connectivity index is 1.29. The first-order chi connectivity index (χ1) is 12.7. The smallest absolute Gasteiger partial charge is 0.224 e. The van der Waals surface area contributed by atoms with E-state index in [4.69, 9.17) is 0 Å². The standard InChI is InChI=1S/C20H19FN4O/c21-19-4-2-1-3-16(19)17-9-18(17)20(26)23-10-14-5-7-15(8-6-14)11-25-13-22-12-24-25/h1-8,12-13,17-18H,9-11H2,(H,23,26). The molecule has 1 amide bonds. The zero-order valence-corrected chi connectivity index (χ0v) is 14.2. The summed E-state index contributed by atoms with van der Waals surface area (Å²) in [5.74, 6) is -0.361. The second-order valence-corrected chi connectivity index (χ2v) is 6.60. The number of aromatic nitrogens is 3. The first-order valence-corrected chi connectivity index (χ1v) is 8.63. The van der Waals surface area contributed by atoms with E-state index in [1.807, 2.05) is 30.3 Å². The Hall–Kier alpha value is -3.02. The van der Waals surface area contributed by atoms with E-state index in [1.54, 1.807) is 23.1 Å². The van der Waals surface area contributed by atoms with Crippen molar-refractivity contribution in [1.82, 2.24) is 20.1 Å². The summed E-state index contributed by atoms with van der Waals surface area (Å²) >= 11 is 0. The Morgan fingerprint density at radius 3 is 2.65 bits per heavy atom. The number of rotatable bonds is 6. The van der Waals surface area contributed by atoms with E-state index in [-0.39, 0.29) is 23.6 Å². The molecule has 1 heterocycles. The highest BCUT2D eigenvalue weighted by Gasteiger charge is 2.44. The highest BCUT2D eigenvalue weighted by molar-refractivity contribution is 5.82. The lowest BCUT2D eigenvalue weighted by molar-refractivity contribution is -0.122. The predicted molar refractivity (Wildman–Crippen MR) is 94.7 cm³/mol. The van der Waals surface area contributed by atoms with Gasteiger partial charge in [0, 0.05) is 12.5 Å². The van der Waals surface area contributed by atoms with Crippen molar-refractivity contribution in [3.63, 3.8) is 0 Å². The van der Waals surface area contributed by atoms with Gasteiger partial charge in [-0.05, 0) is 35.1 Å². The fourth-order valence-electron chi connectivity index (χ4n) is 3.19. The van der Waals surface area contributed by atoms with Gasteiger partial charge in [-0.2, -0.15) is 5.10 Å². The molecule has 6 heteroatoms. The third-order valence-corrected chi connectivity index (χ3v) is 4.73. The second kappa shape index (κ2) is 7.07. The first-order valence-electron chi connectivity index (χ1n) is 8.63. The van der Waals surface area contributed by atoms with Crippen molar-refractivity contribution in [2.45, 2.75) is 25.4 Å². The third kappa shape index (κ3) is 3.64. The molecule has 0 saturated heterocycles. The Morgan fingerprint density at radius 2 is 1.92 bits per heavy atom. The maximum absolute atomic E-state index is 13.8. The normalized spacial score (nSPS) is 18.5. The van der Waals surface area contributed by atoms with E-state index in [0.29, 0.717) is 25.1 Å². The Morgan fingerprint density at radius 1 is 1.15 bits per heavy atom. The predicted octanol–water partition coefficient (Wildman–Crippen LogP) is 2.89. The SMILES string of the molecule is O=C(NCc1ccc(Cn2cncn2)cc1)C1CC1c1ccccc1F. The van der Waals surface area contributed by atoms with Crippen LogP contribution in [0, 0.1) is 11.7 Å². The molecule has 0 bridgehead atoms. The van der Waals surface area contributed by atoms with E-state index in [2.05, 4.69) is 15.4 Å². The molecule has 0 spiro atoms. The van der Waals surface area contributed by atoms with E-state index in [1.165, 1.54) is 12.4 Å². The molecule has 5 nitrogen and oxygen atoms in total. The van der Waals surface area contributed by atoms with Gasteiger partial charge in [-0.1, -0.05) is 42.5 Å². The molecule has 2 unspecified atom stereocenters. The van der Waals surface area contributed by atoms with Crippen LogP contribution in [0.25, 0.3) is 0 Å². The van der Waals surface area contributed by atoms with Crippen LogP contribution in [-0.4, -0.2) is 20.7 Å². The summed E-state index contributed by atoms with van der Waals surface area (Å²) in [6.07, 6.45) is 3.90. The van der Waals surface area contributed by atoms with Gasteiger partial charge in [0.1, 0.15) is 18.5 Å². The summed E-state index contributed by atoms with van der Waals surface area (Å²) < 4.78 is 15.6. The van der Waals surface area contributed by atoms with Gasteiger partial charge in [0.15, 0.2) is 0 Å². The number of amides is 1. The molecule has 1 aliphatic carbocycles. The summed E-state index contributed by atoms with van der Waals surface area (Å²) in [6.45, 7) is 1.14. The molecule has 1 saturated carbocycles. The topological polar surface area (TPSA) is 59.8 Å². The van der Waals surface area contributed by atoms with Crippen molar-refractivity contribution in [1.29, 1.82) is 0 Å². The fraction of sp³-hybridized carbons (Fsp3) is 0.250. The largest absolute Gasteiger partial charge is 0.352 e. The molecular weight excluding hydrogens is 331 g/mol. The van der Waals surface area contributed by atoms with Crippen LogP contribution >= 0.6 is 0 Å². The second-order valence-electron chi connectivity index (χ2n) is 6.60. The lowest BCUT2D eigenvalue weighted by atomic mass is 10.1. The Bertz CT molecular complexity index is 892. The molecule has 1 aromatic heterocycles. The van der Waals surface area contributed by atoms with Gasteiger partial charge in [0.25, 0.3) is 0 Å². The van der Waals surface area contributed by atoms with Crippen LogP contribution < -0.4 is 5.32 Å². The van der Waals surface area contributed by atoms with Gasteiger partial charge >= 0.3 is 0 Å². The van der Waals surface area contributed by atoms with Crippen molar-refractivity contribution in [3.8, 4) is 0 Å². The highest BCUT2D eigenvalue weighted by atomic mass is 19.1. The number of nitrogens with one attached hydrogen (secondary N) is 1. The molecular formula is C20H19FN4O. The Kier molecular flexibility index (Phi) is 4.48. The number of carbonyl (C=O) groups is 1. The number of nitrogens with zero attached hydrogens (tertiary/aromatic N) is 3. The Labute approximate surface area is 150 Å². The van der Waals surface area contributed by atoms with Crippen molar-refractivity contribution in [3.05, 3.63) is 83.7 Å². The van der Waals surface area contributed by atoms with E-state index < -0.39 is 0 Å². The molecule has 4 rings (SSSR count). The molecule has 0 aliphatic heterocycles. The first kappa shape index (κ1) is 16.4. The number of hydrogen-bond donors (Lipinski definition) is 1. The quantitative estimate of drug-likeness (QED) is 0.744. The third-order valence-electron chi connectivity index (χ3n) is 4.73. The van der Waals surface area contributed by atoms with Gasteiger partial charge in [-0.15, -0.1) is 0 Å². The average molecular weight is 350 g/mol. The molecule has 1 N–H and O–H groups in total. The zero-order valence-electron chi connectivity index (χ0n) is 14.2. The summed E-state index contributed by atoms with van der Waals surface area (Å²) in [4.78, 5) is 16.2. The minimum Gasteiger partial charge on any atom is -0.352 e. The molecule has 26 heavy (non-hydrogen) atoms. The van der Waals surface area contributed by atoms with Crippen LogP contribution in [0.5, 0.6) is 0 Å². The summed E-state index contributed by atoms with van der Waals surface area (Å²) in [6, 6.07) is 14.7. The number of hydrogen-bond acceptors (Lipinski definition) is 3. The number of halogens is 1. The lowest BCUT2D eigenvalue weighted by Gasteiger charge is -2.07. The van der Waals surface area contributed by atoms with Gasteiger partial charge in [-0.25, -0.2) is 14.1 Å². The molecule has 3 aromatic rings. The summed E-state index contributed by atoms with van der Waals surface area (Å²) in [5, 5.41) is 7.04. The van der Waals surface area contributed by atoms with Crippen molar-refractivity contribution < 1.29 is 9.18 Å². The van der Waals surface area contributed by atoms with Gasteiger partial charge < -0.3 is 5.32 Å². The molecule has 2 aromatic carbocycles. The molecule has 132 valence electrons. The molecule has 0 radical (unpaired) electrons. The summed E-state index contributed by atoms with van der Waals surface area (Å²) in [7, 11) is 0. The van der Waals surface area contributed by atoms with Crippen LogP contribution in [0.3, 0.4) is 0 Å². The zero-order chi connectivity index (χ0) is 17.9. The van der Waals surface area contributed by atoms with E-state index in [9.17, 15) is 9.18 Å². The average Bonchev–Trinajstić information content (AvgIpc) is 3.29. The van der Waals surface area contributed by atoms with Gasteiger partial charge in [0.05, 0.1) is 6.54 Å². The fourth-order valence-corrected chi connectivity index (χ4v) is 3.19. The molecule has 1 fully saturated rings. The maximum Gasteiger partial charge on any atom is 0.224 e. The minimum absolute atomic E-state index is 0.00116. The van der Waals surface area contributed by atoms with Crippen molar-refractivity contribution >= 4 is 5.91 Å². The van der Waals surface area contributed by atoms with Crippen molar-refractivity contribution in [2.75, 3.05) is 0 Å². The lowest BCUT2D eigenvalue weighted by Crippen LogP contribution is -2.24. The van der Waals surface area contributed by atoms with Crippen LogP contribution in [-0.2, 0) is 17.9 Å².